The quantitative estimate of drug-likeness (QED) is 0.793. The molecule has 1 aliphatic heterocycles. The van der Waals surface area contributed by atoms with Crippen molar-refractivity contribution in [2.45, 2.75) is 58.7 Å². The number of hydrogen-bond acceptors (Lipinski definition) is 5. The Kier molecular flexibility index (Phi) is 4.80. The van der Waals surface area contributed by atoms with E-state index in [4.69, 9.17) is 9.26 Å². The van der Waals surface area contributed by atoms with Crippen LogP contribution in [-0.2, 0) is 24.2 Å². The zero-order valence-electron chi connectivity index (χ0n) is 15.5. The van der Waals surface area contributed by atoms with Crippen LogP contribution in [0.2, 0.25) is 0 Å². The lowest BCUT2D eigenvalue weighted by molar-refractivity contribution is 0.0136. The molecule has 0 unspecified atom stereocenters. The van der Waals surface area contributed by atoms with Crippen molar-refractivity contribution in [2.24, 2.45) is 5.92 Å². The van der Waals surface area contributed by atoms with Crippen LogP contribution in [0.1, 0.15) is 53.7 Å². The van der Waals surface area contributed by atoms with Crippen molar-refractivity contribution >= 4 is 5.91 Å². The predicted octanol–water partition coefficient (Wildman–Crippen LogP) is 2.58. The Morgan fingerprint density at radius 1 is 1.38 bits per heavy atom. The highest BCUT2D eigenvalue weighted by Crippen LogP contribution is 2.30. The van der Waals surface area contributed by atoms with E-state index in [0.717, 1.165) is 25.1 Å². The minimum absolute atomic E-state index is 0.0260. The first-order valence-electron chi connectivity index (χ1n) is 9.52. The van der Waals surface area contributed by atoms with Gasteiger partial charge in [0.2, 0.25) is 0 Å². The Morgan fingerprint density at radius 2 is 2.23 bits per heavy atom. The fourth-order valence-corrected chi connectivity index (χ4v) is 3.48. The van der Waals surface area contributed by atoms with Crippen LogP contribution in [0, 0.1) is 12.8 Å². The molecule has 4 rings (SSSR count). The van der Waals surface area contributed by atoms with Gasteiger partial charge in [-0.05, 0) is 38.2 Å². The summed E-state index contributed by atoms with van der Waals surface area (Å²) in [6.45, 7) is 6.45. The number of nitrogens with zero attached hydrogens (tertiary/aromatic N) is 4. The van der Waals surface area contributed by atoms with Gasteiger partial charge in [0, 0.05) is 25.8 Å². The van der Waals surface area contributed by atoms with Gasteiger partial charge in [0.05, 0.1) is 30.6 Å². The maximum absolute atomic E-state index is 13.3. The van der Waals surface area contributed by atoms with E-state index < -0.39 is 0 Å². The third-order valence-corrected chi connectivity index (χ3v) is 5.13. The molecule has 2 aromatic rings. The molecule has 7 nitrogen and oxygen atoms in total. The van der Waals surface area contributed by atoms with Crippen molar-refractivity contribution in [2.75, 3.05) is 13.2 Å². The molecule has 26 heavy (non-hydrogen) atoms. The second-order valence-corrected chi connectivity index (χ2v) is 7.41. The lowest BCUT2D eigenvalue weighted by Crippen LogP contribution is -2.38. The Hall–Kier alpha value is -2.15. The normalized spacial score (nSPS) is 20.1. The van der Waals surface area contributed by atoms with Crippen molar-refractivity contribution in [3.63, 3.8) is 0 Å². The maximum atomic E-state index is 13.3. The molecule has 1 amide bonds. The largest absolute Gasteiger partial charge is 0.374 e. The minimum atomic E-state index is -0.0458. The van der Waals surface area contributed by atoms with E-state index in [1.807, 2.05) is 22.6 Å². The highest BCUT2D eigenvalue weighted by atomic mass is 16.5. The first kappa shape index (κ1) is 17.3. The minimum Gasteiger partial charge on any atom is -0.374 e. The molecule has 1 fully saturated rings. The van der Waals surface area contributed by atoms with Crippen LogP contribution in [0.4, 0.5) is 0 Å². The molecule has 3 heterocycles. The Bertz CT molecular complexity index is 778. The Balaban J connectivity index is 1.57. The van der Waals surface area contributed by atoms with Crippen LogP contribution in [0.25, 0.3) is 0 Å². The summed E-state index contributed by atoms with van der Waals surface area (Å²) in [7, 11) is 0. The van der Waals surface area contributed by atoms with Gasteiger partial charge in [-0.25, -0.2) is 0 Å². The van der Waals surface area contributed by atoms with Gasteiger partial charge in [-0.15, -0.1) is 0 Å². The van der Waals surface area contributed by atoms with Gasteiger partial charge in [-0.3, -0.25) is 9.48 Å². The third-order valence-electron chi connectivity index (χ3n) is 5.13. The Morgan fingerprint density at radius 3 is 3.00 bits per heavy atom. The lowest BCUT2D eigenvalue weighted by atomic mass is 10.1. The number of fused-ring (bicyclic) bond motifs is 1. The standard InChI is InChI=1S/C19H26N4O3/c1-3-4-17-18(13(2)21-26-17)19(24)22-9-15-7-8-20-23(15)11-16(10-22)25-12-14-5-6-14/h7-8,14,16H,3-6,9-12H2,1-2H3/t16-/m0/s1. The number of amides is 1. The third kappa shape index (κ3) is 3.53. The van der Waals surface area contributed by atoms with Crippen LogP contribution in [-0.4, -0.2) is 45.0 Å². The lowest BCUT2D eigenvalue weighted by Gasteiger charge is -2.24. The highest BCUT2D eigenvalue weighted by Gasteiger charge is 2.31. The molecule has 2 aliphatic rings. The summed E-state index contributed by atoms with van der Waals surface area (Å²) >= 11 is 0. The average Bonchev–Trinajstić information content (AvgIpc) is 3.30. The van der Waals surface area contributed by atoms with Crippen LogP contribution in [0.3, 0.4) is 0 Å². The highest BCUT2D eigenvalue weighted by molar-refractivity contribution is 5.96. The van der Waals surface area contributed by atoms with Gasteiger partial charge in [0.15, 0.2) is 0 Å². The average molecular weight is 358 g/mol. The maximum Gasteiger partial charge on any atom is 0.259 e. The predicted molar refractivity (Wildman–Crippen MR) is 94.7 cm³/mol. The van der Waals surface area contributed by atoms with E-state index in [2.05, 4.69) is 17.2 Å². The molecule has 1 saturated carbocycles. The fourth-order valence-electron chi connectivity index (χ4n) is 3.48. The summed E-state index contributed by atoms with van der Waals surface area (Å²) in [5.74, 6) is 1.35. The Labute approximate surface area is 153 Å². The molecule has 0 bridgehead atoms. The van der Waals surface area contributed by atoms with E-state index >= 15 is 0 Å². The van der Waals surface area contributed by atoms with E-state index in [1.165, 1.54) is 12.8 Å². The van der Waals surface area contributed by atoms with E-state index in [1.54, 1.807) is 6.20 Å². The number of hydrogen-bond donors (Lipinski definition) is 0. The summed E-state index contributed by atoms with van der Waals surface area (Å²) in [4.78, 5) is 15.2. The number of ether oxygens (including phenoxy) is 1. The van der Waals surface area contributed by atoms with E-state index in [-0.39, 0.29) is 12.0 Å². The van der Waals surface area contributed by atoms with Crippen LogP contribution in [0.15, 0.2) is 16.8 Å². The van der Waals surface area contributed by atoms with Crippen molar-refractivity contribution in [1.82, 2.24) is 19.8 Å². The van der Waals surface area contributed by atoms with Gasteiger partial charge < -0.3 is 14.2 Å². The number of carbonyl (C=O) groups excluding carboxylic acids is 1. The number of aromatic nitrogens is 3. The summed E-state index contributed by atoms with van der Waals surface area (Å²) in [6.07, 6.45) is 5.87. The first-order chi connectivity index (χ1) is 12.7. The zero-order valence-corrected chi connectivity index (χ0v) is 15.5. The van der Waals surface area contributed by atoms with Crippen LogP contribution >= 0.6 is 0 Å². The SMILES string of the molecule is CCCc1onc(C)c1C(=O)N1Cc2ccnn2C[C@@H](OCC2CC2)C1. The van der Waals surface area contributed by atoms with Crippen molar-refractivity contribution < 1.29 is 14.1 Å². The fraction of sp³-hybridized carbons (Fsp3) is 0.632. The molecular formula is C19H26N4O3. The summed E-state index contributed by atoms with van der Waals surface area (Å²) < 4.78 is 13.5. The second-order valence-electron chi connectivity index (χ2n) is 7.41. The van der Waals surface area contributed by atoms with Crippen LogP contribution < -0.4 is 0 Å². The van der Waals surface area contributed by atoms with Gasteiger partial charge in [-0.1, -0.05) is 12.1 Å². The number of aryl methyl sites for hydroxylation is 2. The smallest absolute Gasteiger partial charge is 0.259 e. The molecule has 7 heteroatoms. The number of carbonyl (C=O) groups is 1. The first-order valence-corrected chi connectivity index (χ1v) is 9.52. The van der Waals surface area contributed by atoms with Crippen molar-refractivity contribution in [1.29, 1.82) is 0 Å². The van der Waals surface area contributed by atoms with Crippen molar-refractivity contribution in [3.05, 3.63) is 35.0 Å². The van der Waals surface area contributed by atoms with Gasteiger partial charge in [0.25, 0.3) is 5.91 Å². The molecule has 0 aromatic carbocycles. The monoisotopic (exact) mass is 358 g/mol. The molecule has 0 radical (unpaired) electrons. The molecule has 0 spiro atoms. The van der Waals surface area contributed by atoms with Gasteiger partial charge in [0.1, 0.15) is 11.3 Å². The summed E-state index contributed by atoms with van der Waals surface area (Å²) in [5, 5.41) is 8.42. The molecular weight excluding hydrogens is 332 g/mol. The molecule has 2 aromatic heterocycles. The van der Waals surface area contributed by atoms with Gasteiger partial charge >= 0.3 is 0 Å². The zero-order chi connectivity index (χ0) is 18.1. The second kappa shape index (κ2) is 7.23. The topological polar surface area (TPSA) is 73.4 Å². The molecule has 0 saturated heterocycles. The van der Waals surface area contributed by atoms with E-state index in [9.17, 15) is 4.79 Å². The molecule has 0 N–H and O–H groups in total. The van der Waals surface area contributed by atoms with E-state index in [0.29, 0.717) is 42.6 Å². The molecule has 1 atom stereocenters. The number of rotatable bonds is 6. The molecule has 140 valence electrons. The summed E-state index contributed by atoms with van der Waals surface area (Å²) in [6, 6.07) is 1.97. The van der Waals surface area contributed by atoms with Crippen molar-refractivity contribution in [3.8, 4) is 0 Å². The van der Waals surface area contributed by atoms with Crippen LogP contribution in [0.5, 0.6) is 0 Å². The van der Waals surface area contributed by atoms with Gasteiger partial charge in [-0.2, -0.15) is 5.10 Å². The summed E-state index contributed by atoms with van der Waals surface area (Å²) in [5.41, 5.74) is 2.30. The molecule has 1 aliphatic carbocycles.